The summed E-state index contributed by atoms with van der Waals surface area (Å²) < 4.78 is 43.0. The Morgan fingerprint density at radius 2 is 1.55 bits per heavy atom. The van der Waals surface area contributed by atoms with Crippen LogP contribution in [0.5, 0.6) is 0 Å². The fraction of sp³-hybridized carbons (Fsp3) is 0.259. The van der Waals surface area contributed by atoms with Crippen LogP contribution in [0.2, 0.25) is 0 Å². The average molecular weight is 483 g/mol. The molecule has 0 amide bonds. The third-order valence-corrected chi connectivity index (χ3v) is 7.15. The van der Waals surface area contributed by atoms with E-state index in [0.717, 1.165) is 39.2 Å². The van der Waals surface area contributed by atoms with Crippen molar-refractivity contribution in [3.05, 3.63) is 93.5 Å². The summed E-state index contributed by atoms with van der Waals surface area (Å²) in [5.74, 6) is 0.333. The minimum atomic E-state index is -4.39. The normalized spacial score (nSPS) is 18.3. The number of hydrogen-bond acceptors (Lipinski definition) is 0. The summed E-state index contributed by atoms with van der Waals surface area (Å²) in [6.45, 7) is 4.33. The lowest BCUT2D eigenvalue weighted by Gasteiger charge is -2.39. The molecule has 0 aliphatic heterocycles. The second kappa shape index (κ2) is 7.09. The third-order valence-electron chi connectivity index (χ3n) is 6.65. The van der Waals surface area contributed by atoms with E-state index in [1.54, 1.807) is 18.2 Å². The lowest BCUT2D eigenvalue weighted by molar-refractivity contribution is -0.136. The molecule has 1 unspecified atom stereocenters. The number of halogens is 4. The van der Waals surface area contributed by atoms with E-state index in [1.165, 1.54) is 11.6 Å². The number of benzene rings is 4. The van der Waals surface area contributed by atoms with Gasteiger partial charge < -0.3 is 0 Å². The van der Waals surface area contributed by atoms with Gasteiger partial charge in [0.1, 0.15) is 0 Å². The molecule has 1 aliphatic rings. The van der Waals surface area contributed by atoms with Gasteiger partial charge in [-0.1, -0.05) is 78.3 Å². The van der Waals surface area contributed by atoms with Gasteiger partial charge in [0.25, 0.3) is 0 Å². The van der Waals surface area contributed by atoms with Crippen LogP contribution in [-0.2, 0) is 18.0 Å². The minimum absolute atomic E-state index is 0.245. The molecule has 4 aromatic rings. The predicted molar refractivity (Wildman–Crippen MR) is 125 cm³/mol. The summed E-state index contributed by atoms with van der Waals surface area (Å²) >= 11 is 3.56. The first-order valence-electron chi connectivity index (χ1n) is 10.5. The lowest BCUT2D eigenvalue weighted by Crippen LogP contribution is -2.29. The summed E-state index contributed by atoms with van der Waals surface area (Å²) in [5.41, 5.74) is 2.69. The highest BCUT2D eigenvalue weighted by atomic mass is 79.9. The summed E-state index contributed by atoms with van der Waals surface area (Å²) in [6.07, 6.45) is -2.67. The Kier molecular flexibility index (Phi) is 4.71. The van der Waals surface area contributed by atoms with Crippen LogP contribution >= 0.6 is 15.9 Å². The molecule has 158 valence electrons. The second-order valence-corrected chi connectivity index (χ2v) is 10.1. The fourth-order valence-corrected chi connectivity index (χ4v) is 5.90. The highest BCUT2D eigenvalue weighted by Crippen LogP contribution is 2.49. The fourth-order valence-electron chi connectivity index (χ4n) is 5.48. The molecule has 31 heavy (non-hydrogen) atoms. The molecule has 0 heterocycles. The van der Waals surface area contributed by atoms with Gasteiger partial charge >= 0.3 is 6.18 Å². The van der Waals surface area contributed by atoms with E-state index in [2.05, 4.69) is 48.0 Å². The van der Waals surface area contributed by atoms with Crippen molar-refractivity contribution in [2.24, 2.45) is 0 Å². The van der Waals surface area contributed by atoms with Crippen LogP contribution in [0.15, 0.2) is 71.2 Å². The Bertz CT molecular complexity index is 1320. The van der Waals surface area contributed by atoms with Crippen molar-refractivity contribution in [1.29, 1.82) is 0 Å². The Hall–Kier alpha value is -2.33. The van der Waals surface area contributed by atoms with Gasteiger partial charge in [0, 0.05) is 4.47 Å². The Labute approximate surface area is 188 Å². The molecule has 0 bridgehead atoms. The van der Waals surface area contributed by atoms with Gasteiger partial charge in [-0.2, -0.15) is 13.2 Å². The minimum Gasteiger partial charge on any atom is -0.166 e. The highest BCUT2D eigenvalue weighted by molar-refractivity contribution is 9.10. The number of rotatable bonds is 1. The Balaban J connectivity index is 1.77. The maximum atomic E-state index is 14.0. The predicted octanol–water partition coefficient (Wildman–Crippen LogP) is 8.78. The van der Waals surface area contributed by atoms with Crippen molar-refractivity contribution < 1.29 is 13.2 Å². The standard InChI is InChI=1S/C27H22BrF3/c1-26(2)15-18(16-6-5-7-19(28)13-16)12-17-10-11-21-20-8-3-4-9-22(20)24(27(29,30)31)14-23(21)25(17)26/h3-11,13-14,18H,12,15H2,1-2H3. The van der Waals surface area contributed by atoms with Gasteiger partial charge in [-0.15, -0.1) is 0 Å². The van der Waals surface area contributed by atoms with Gasteiger partial charge in [-0.05, 0) is 80.6 Å². The quantitative estimate of drug-likeness (QED) is 0.238. The van der Waals surface area contributed by atoms with Crippen molar-refractivity contribution >= 4 is 37.5 Å². The molecule has 0 saturated heterocycles. The van der Waals surface area contributed by atoms with Crippen LogP contribution in [0.1, 0.15) is 48.4 Å². The van der Waals surface area contributed by atoms with Gasteiger partial charge in [-0.3, -0.25) is 0 Å². The topological polar surface area (TPSA) is 0 Å². The first kappa shape index (κ1) is 20.6. The molecule has 0 saturated carbocycles. The van der Waals surface area contributed by atoms with Crippen LogP contribution in [0.25, 0.3) is 21.5 Å². The van der Waals surface area contributed by atoms with E-state index in [4.69, 9.17) is 0 Å². The zero-order valence-electron chi connectivity index (χ0n) is 17.4. The summed E-state index contributed by atoms with van der Waals surface area (Å²) in [6, 6.07) is 20.8. The molecule has 4 heteroatoms. The van der Waals surface area contributed by atoms with Crippen LogP contribution in [0.3, 0.4) is 0 Å². The maximum Gasteiger partial charge on any atom is 0.417 e. The van der Waals surface area contributed by atoms with Crippen molar-refractivity contribution in [2.45, 2.75) is 44.2 Å². The van der Waals surface area contributed by atoms with E-state index in [9.17, 15) is 13.2 Å². The highest BCUT2D eigenvalue weighted by Gasteiger charge is 2.37. The van der Waals surface area contributed by atoms with Crippen molar-refractivity contribution in [3.63, 3.8) is 0 Å². The lowest BCUT2D eigenvalue weighted by atomic mass is 9.65. The Morgan fingerprint density at radius 1 is 0.839 bits per heavy atom. The molecule has 0 spiro atoms. The van der Waals surface area contributed by atoms with Gasteiger partial charge in [0.05, 0.1) is 5.56 Å². The van der Waals surface area contributed by atoms with Gasteiger partial charge in [-0.25, -0.2) is 0 Å². The molecule has 1 aliphatic carbocycles. The molecule has 4 aromatic carbocycles. The van der Waals surface area contributed by atoms with E-state index >= 15 is 0 Å². The monoisotopic (exact) mass is 482 g/mol. The average Bonchev–Trinajstić information content (AvgIpc) is 2.71. The summed E-state index contributed by atoms with van der Waals surface area (Å²) in [5, 5.41) is 2.57. The SMILES string of the molecule is CC1(C)CC(c2cccc(Br)c2)Cc2ccc3c(cc(C(F)(F)F)c4ccccc43)c21. The largest absolute Gasteiger partial charge is 0.417 e. The zero-order valence-corrected chi connectivity index (χ0v) is 18.9. The zero-order chi connectivity index (χ0) is 22.0. The maximum absolute atomic E-state index is 14.0. The first-order chi connectivity index (χ1) is 14.6. The molecule has 0 nitrogen and oxygen atoms in total. The molecule has 0 aromatic heterocycles. The summed E-state index contributed by atoms with van der Waals surface area (Å²) in [4.78, 5) is 0. The van der Waals surface area contributed by atoms with Crippen LogP contribution in [-0.4, -0.2) is 0 Å². The third kappa shape index (κ3) is 3.45. The molecule has 5 rings (SSSR count). The van der Waals surface area contributed by atoms with Crippen LogP contribution in [0.4, 0.5) is 13.2 Å². The summed E-state index contributed by atoms with van der Waals surface area (Å²) in [7, 11) is 0. The van der Waals surface area contributed by atoms with Crippen LogP contribution in [0, 0.1) is 0 Å². The smallest absolute Gasteiger partial charge is 0.166 e. The van der Waals surface area contributed by atoms with E-state index in [0.29, 0.717) is 11.3 Å². The van der Waals surface area contributed by atoms with Crippen molar-refractivity contribution in [3.8, 4) is 0 Å². The molecule has 0 N–H and O–H groups in total. The van der Waals surface area contributed by atoms with Crippen LogP contribution < -0.4 is 0 Å². The van der Waals surface area contributed by atoms with E-state index in [1.807, 2.05) is 24.3 Å². The van der Waals surface area contributed by atoms with Gasteiger partial charge in [0.15, 0.2) is 0 Å². The second-order valence-electron chi connectivity index (χ2n) is 9.21. The first-order valence-corrected chi connectivity index (χ1v) is 11.2. The molecular formula is C27H22BrF3. The van der Waals surface area contributed by atoms with Gasteiger partial charge in [0.2, 0.25) is 0 Å². The number of alkyl halides is 3. The van der Waals surface area contributed by atoms with E-state index in [-0.39, 0.29) is 10.8 Å². The molecule has 0 fully saturated rings. The number of fused-ring (bicyclic) bond motifs is 5. The molecule has 0 radical (unpaired) electrons. The molecule has 1 atom stereocenters. The van der Waals surface area contributed by atoms with Crippen molar-refractivity contribution in [1.82, 2.24) is 0 Å². The van der Waals surface area contributed by atoms with E-state index < -0.39 is 11.7 Å². The molecular weight excluding hydrogens is 461 g/mol. The Morgan fingerprint density at radius 3 is 2.26 bits per heavy atom. The number of hydrogen-bond donors (Lipinski definition) is 0. The van der Waals surface area contributed by atoms with Crippen molar-refractivity contribution in [2.75, 3.05) is 0 Å².